The molecule has 0 fully saturated rings. The fourth-order valence-corrected chi connectivity index (χ4v) is 13.2. The molecule has 0 nitrogen and oxygen atoms in total. The van der Waals surface area contributed by atoms with Crippen molar-refractivity contribution in [1.29, 1.82) is 0 Å². The van der Waals surface area contributed by atoms with E-state index in [2.05, 4.69) is 99.9 Å². The molecule has 3 heteroatoms. The number of thiophene rings is 2. The molecule has 2 aromatic heterocycles. The van der Waals surface area contributed by atoms with Crippen molar-refractivity contribution in [2.24, 2.45) is 0 Å². The van der Waals surface area contributed by atoms with Gasteiger partial charge in [0, 0.05) is 27.1 Å². The topological polar surface area (TPSA) is 0 Å². The van der Waals surface area contributed by atoms with E-state index in [0.29, 0.717) is 16.6 Å². The van der Waals surface area contributed by atoms with E-state index in [4.69, 9.17) is 0 Å². The molecule has 0 amide bonds. The van der Waals surface area contributed by atoms with Crippen molar-refractivity contribution in [3.05, 3.63) is 55.2 Å². The number of benzene rings is 1. The van der Waals surface area contributed by atoms with Gasteiger partial charge in [-0.15, -0.1) is 34.1 Å². The van der Waals surface area contributed by atoms with Crippen LogP contribution >= 0.6 is 22.7 Å². The molecule has 0 bridgehead atoms. The van der Waals surface area contributed by atoms with Crippen molar-refractivity contribution >= 4 is 41.9 Å². The van der Waals surface area contributed by atoms with Gasteiger partial charge in [0.25, 0.3) is 0 Å². The Morgan fingerprint density at radius 2 is 1.12 bits per heavy atom. The van der Waals surface area contributed by atoms with Crippen LogP contribution in [0.25, 0.3) is 33.4 Å². The number of fused-ring (bicyclic) bond motifs is 6. The van der Waals surface area contributed by atoms with Gasteiger partial charge in [0.2, 0.25) is 0 Å². The Morgan fingerprint density at radius 1 is 0.667 bits per heavy atom. The van der Waals surface area contributed by atoms with E-state index in [1.807, 2.05) is 18.3 Å². The molecule has 5 rings (SSSR count). The van der Waals surface area contributed by atoms with Gasteiger partial charge in [0.15, 0.2) is 0 Å². The monoisotopic (exact) mass is 482 g/mol. The van der Waals surface area contributed by atoms with Gasteiger partial charge in [0.05, 0.1) is 15.3 Å². The second-order valence-corrected chi connectivity index (χ2v) is 17.5. The molecule has 2 aliphatic carbocycles. The lowest BCUT2D eigenvalue weighted by Crippen LogP contribution is -2.43. The maximum Gasteiger partial charge on any atom is 0.146 e. The second kappa shape index (κ2) is 8.17. The van der Waals surface area contributed by atoms with Crippen molar-refractivity contribution in [2.75, 3.05) is 0 Å². The lowest BCUT2D eigenvalue weighted by Gasteiger charge is -2.38. The minimum Gasteiger partial charge on any atom is -0.142 e. The lowest BCUT2D eigenvalue weighted by atomic mass is 10.0. The molecule has 0 radical (unpaired) electrons. The molecule has 2 aliphatic rings. The molecule has 0 atom stereocenters. The first-order chi connectivity index (χ1) is 15.8. The molecule has 0 spiro atoms. The maximum atomic E-state index is 3.99. The van der Waals surface area contributed by atoms with E-state index in [-0.39, 0.29) is 0 Å². The fourth-order valence-electron chi connectivity index (χ4n) is 6.11. The third kappa shape index (κ3) is 3.18. The van der Waals surface area contributed by atoms with E-state index >= 15 is 0 Å². The minimum absolute atomic E-state index is 0.632. The first-order valence-corrected chi connectivity index (χ1v) is 15.8. The van der Waals surface area contributed by atoms with Crippen LogP contribution in [0.2, 0.25) is 16.6 Å². The maximum absolute atomic E-state index is 3.99. The summed E-state index contributed by atoms with van der Waals surface area (Å²) in [6.07, 6.45) is 0. The first-order valence-electron chi connectivity index (χ1n) is 11.9. The largest absolute Gasteiger partial charge is 0.146 e. The van der Waals surface area contributed by atoms with E-state index in [9.17, 15) is 0 Å². The Kier molecular flexibility index (Phi) is 5.57. The summed E-state index contributed by atoms with van der Waals surface area (Å²) in [5.41, 5.74) is 13.6. The van der Waals surface area contributed by atoms with Crippen LogP contribution < -0.4 is 10.4 Å². The Hall–Kier alpha value is -2.30. The van der Waals surface area contributed by atoms with Crippen molar-refractivity contribution in [1.82, 2.24) is 0 Å². The summed E-state index contributed by atoms with van der Waals surface area (Å²) >= 11 is 3.63. The van der Waals surface area contributed by atoms with Gasteiger partial charge in [-0.2, -0.15) is 0 Å². The van der Waals surface area contributed by atoms with E-state index < -0.39 is 8.07 Å². The normalized spacial score (nSPS) is 13.5. The lowest BCUT2D eigenvalue weighted by molar-refractivity contribution is 0.838. The van der Waals surface area contributed by atoms with Crippen molar-refractivity contribution in [2.45, 2.75) is 65.1 Å². The molecule has 1 aromatic carbocycles. The Labute approximate surface area is 207 Å². The van der Waals surface area contributed by atoms with E-state index in [1.165, 1.54) is 53.6 Å². The quantitative estimate of drug-likeness (QED) is 0.269. The summed E-state index contributed by atoms with van der Waals surface area (Å²) in [5, 5.41) is 7.00. The highest BCUT2D eigenvalue weighted by Crippen LogP contribution is 2.42. The summed E-state index contributed by atoms with van der Waals surface area (Å²) in [4.78, 5) is 2.65. The predicted octanol–water partition coefficient (Wildman–Crippen LogP) is 7.41. The highest BCUT2D eigenvalue weighted by atomic mass is 32.1. The van der Waals surface area contributed by atoms with Gasteiger partial charge in [-0.05, 0) is 69.7 Å². The Balaban J connectivity index is 1.82. The minimum atomic E-state index is -1.80. The molecule has 0 saturated carbocycles. The molecule has 3 aromatic rings. The molecule has 166 valence electrons. The van der Waals surface area contributed by atoms with Crippen LogP contribution in [0.1, 0.15) is 58.2 Å². The summed E-state index contributed by atoms with van der Waals surface area (Å²) in [7, 11) is -1.80. The average Bonchev–Trinajstić information content (AvgIpc) is 3.51. The van der Waals surface area contributed by atoms with Crippen LogP contribution in [0.5, 0.6) is 0 Å². The number of hydrogen-bond donors (Lipinski definition) is 0. The van der Waals surface area contributed by atoms with Crippen LogP contribution in [0.4, 0.5) is 0 Å². The zero-order valence-electron chi connectivity index (χ0n) is 20.5. The summed E-state index contributed by atoms with van der Waals surface area (Å²) < 4.78 is 0. The third-order valence-electron chi connectivity index (χ3n) is 7.58. The van der Waals surface area contributed by atoms with Crippen molar-refractivity contribution in [3.8, 4) is 45.6 Å². The van der Waals surface area contributed by atoms with Crippen LogP contribution in [-0.4, -0.2) is 8.07 Å². The van der Waals surface area contributed by atoms with Crippen molar-refractivity contribution in [3.63, 3.8) is 0 Å². The fraction of sp³-hybridized carbons (Fsp3) is 0.333. The smallest absolute Gasteiger partial charge is 0.142 e. The second-order valence-electron chi connectivity index (χ2n) is 10.0. The molecular weight excluding hydrogens is 453 g/mol. The Bertz CT molecular complexity index is 1500. The van der Waals surface area contributed by atoms with Crippen LogP contribution in [0.15, 0.2) is 35.0 Å². The number of hydrogen-bond acceptors (Lipinski definition) is 2. The number of rotatable bonds is 3. The first kappa shape index (κ1) is 22.5. The predicted molar refractivity (Wildman–Crippen MR) is 150 cm³/mol. The summed E-state index contributed by atoms with van der Waals surface area (Å²) in [6, 6.07) is 9.31. The molecule has 0 aliphatic heterocycles. The molecule has 0 unspecified atom stereocenters. The van der Waals surface area contributed by atoms with Gasteiger partial charge < -0.3 is 0 Å². The van der Waals surface area contributed by atoms with Crippen LogP contribution in [0, 0.1) is 23.3 Å². The van der Waals surface area contributed by atoms with Gasteiger partial charge in [-0.1, -0.05) is 53.4 Å². The van der Waals surface area contributed by atoms with Crippen LogP contribution in [0.3, 0.4) is 0 Å². The zero-order valence-corrected chi connectivity index (χ0v) is 23.1. The molecule has 0 saturated heterocycles. The molecule has 33 heavy (non-hydrogen) atoms. The van der Waals surface area contributed by atoms with Crippen molar-refractivity contribution < 1.29 is 0 Å². The van der Waals surface area contributed by atoms with Gasteiger partial charge in [-0.3, -0.25) is 0 Å². The molecule has 0 N–H and O–H groups in total. The van der Waals surface area contributed by atoms with E-state index in [1.54, 1.807) is 11.3 Å². The Morgan fingerprint density at radius 3 is 1.55 bits per heavy atom. The molecular formula is C30H30S2Si. The van der Waals surface area contributed by atoms with Gasteiger partial charge in [-0.25, -0.2) is 0 Å². The van der Waals surface area contributed by atoms with Gasteiger partial charge >= 0.3 is 0 Å². The standard InChI is InChI=1S/C30H30S2Si/c1-8-9-21-25-16-27-23-11-14-32-30(23)24(12-15-33(18(2)3,19(4)5)20(6)7)28(27)17-26(25)22-10-13-31-29(21)22/h10-11,13-14,16-20H,1-7H3. The zero-order chi connectivity index (χ0) is 23.5. The third-order valence-corrected chi connectivity index (χ3v) is 15.7. The average molecular weight is 483 g/mol. The summed E-state index contributed by atoms with van der Waals surface area (Å²) in [6.45, 7) is 16.3. The SMILES string of the molecule is CC#CC1=c2cc3c(cc2-c2ccsc21)=C(C#C[Si](C(C)C)(C(C)C)C(C)C)c1sccc1-3. The highest BCUT2D eigenvalue weighted by molar-refractivity contribution is 7.12. The highest BCUT2D eigenvalue weighted by Gasteiger charge is 2.42. The van der Waals surface area contributed by atoms with Crippen LogP contribution in [-0.2, 0) is 0 Å². The van der Waals surface area contributed by atoms with Gasteiger partial charge in [0.1, 0.15) is 8.07 Å². The molecule has 2 heterocycles. The van der Waals surface area contributed by atoms with E-state index in [0.717, 1.165) is 0 Å². The summed E-state index contributed by atoms with van der Waals surface area (Å²) in [5.74, 6) is 10.4.